The maximum Gasteiger partial charge on any atom is 0.387 e. The molecular weight excluding hydrogens is 236 g/mol. The van der Waals surface area contributed by atoms with Gasteiger partial charge in [-0.1, -0.05) is 32.9 Å². The predicted molar refractivity (Wildman–Crippen MR) is 68.9 cm³/mol. The quantitative estimate of drug-likeness (QED) is 0.861. The predicted octanol–water partition coefficient (Wildman–Crippen LogP) is 3.98. The highest BCUT2D eigenvalue weighted by molar-refractivity contribution is 5.30. The van der Waals surface area contributed by atoms with Gasteiger partial charge in [0.2, 0.25) is 0 Å². The van der Waals surface area contributed by atoms with Gasteiger partial charge in [-0.2, -0.15) is 8.78 Å². The van der Waals surface area contributed by atoms with Crippen molar-refractivity contribution in [1.29, 1.82) is 0 Å². The zero-order valence-electron chi connectivity index (χ0n) is 11.3. The summed E-state index contributed by atoms with van der Waals surface area (Å²) in [6, 6.07) is 6.91. The van der Waals surface area contributed by atoms with Gasteiger partial charge in [-0.05, 0) is 30.0 Å². The molecule has 1 rings (SSSR count). The maximum absolute atomic E-state index is 12.1. The fourth-order valence-electron chi connectivity index (χ4n) is 1.54. The first-order valence-corrected chi connectivity index (χ1v) is 6.06. The minimum atomic E-state index is -2.78. The summed E-state index contributed by atoms with van der Waals surface area (Å²) >= 11 is 0. The van der Waals surface area contributed by atoms with Gasteiger partial charge in [-0.15, -0.1) is 0 Å². The highest BCUT2D eigenvalue weighted by Crippen LogP contribution is 2.21. The molecule has 0 spiro atoms. The Morgan fingerprint density at radius 1 is 1.28 bits per heavy atom. The standard InChI is InChI=1S/C14H21F2NO/c1-10(17-9-14(2,3)4)11-6-5-7-12(8-11)18-13(15)16/h5-8,10,13,17H,9H2,1-4H3. The van der Waals surface area contributed by atoms with Crippen molar-refractivity contribution < 1.29 is 13.5 Å². The minimum absolute atomic E-state index is 0.102. The Kier molecular flexibility index (Phi) is 5.08. The summed E-state index contributed by atoms with van der Waals surface area (Å²) < 4.78 is 28.6. The third kappa shape index (κ3) is 5.45. The second-order valence-electron chi connectivity index (χ2n) is 5.61. The van der Waals surface area contributed by atoms with Gasteiger partial charge in [0, 0.05) is 12.6 Å². The molecule has 0 fully saturated rings. The van der Waals surface area contributed by atoms with E-state index in [-0.39, 0.29) is 17.2 Å². The third-order valence-electron chi connectivity index (χ3n) is 2.52. The van der Waals surface area contributed by atoms with Gasteiger partial charge in [-0.25, -0.2) is 0 Å². The fourth-order valence-corrected chi connectivity index (χ4v) is 1.54. The number of ether oxygens (including phenoxy) is 1. The molecule has 2 nitrogen and oxygen atoms in total. The van der Waals surface area contributed by atoms with E-state index in [9.17, 15) is 8.78 Å². The van der Waals surface area contributed by atoms with E-state index in [1.165, 1.54) is 6.07 Å². The van der Waals surface area contributed by atoms with Crippen LogP contribution >= 0.6 is 0 Å². The Hall–Kier alpha value is -1.16. The Balaban J connectivity index is 2.65. The van der Waals surface area contributed by atoms with Gasteiger partial charge >= 0.3 is 6.61 Å². The van der Waals surface area contributed by atoms with E-state index in [0.717, 1.165) is 12.1 Å². The molecule has 1 aromatic carbocycles. The summed E-state index contributed by atoms with van der Waals surface area (Å²) in [5.41, 5.74) is 1.13. The molecule has 0 aromatic heterocycles. The second-order valence-corrected chi connectivity index (χ2v) is 5.61. The van der Waals surface area contributed by atoms with Gasteiger partial charge in [0.05, 0.1) is 0 Å². The average Bonchev–Trinajstić information content (AvgIpc) is 2.24. The van der Waals surface area contributed by atoms with E-state index in [4.69, 9.17) is 0 Å². The van der Waals surface area contributed by atoms with E-state index in [1.54, 1.807) is 12.1 Å². The number of nitrogens with one attached hydrogen (secondary N) is 1. The third-order valence-corrected chi connectivity index (χ3v) is 2.52. The van der Waals surface area contributed by atoms with Gasteiger partial charge in [0.25, 0.3) is 0 Å². The highest BCUT2D eigenvalue weighted by atomic mass is 19.3. The van der Waals surface area contributed by atoms with Crippen LogP contribution < -0.4 is 10.1 Å². The maximum atomic E-state index is 12.1. The first-order chi connectivity index (χ1) is 8.28. The van der Waals surface area contributed by atoms with E-state index in [0.29, 0.717) is 0 Å². The summed E-state index contributed by atoms with van der Waals surface area (Å²) in [5.74, 6) is 0.201. The molecular formula is C14H21F2NO. The van der Waals surface area contributed by atoms with Crippen LogP contribution in [0.25, 0.3) is 0 Å². The molecule has 4 heteroatoms. The van der Waals surface area contributed by atoms with E-state index in [2.05, 4.69) is 30.8 Å². The van der Waals surface area contributed by atoms with Crippen molar-refractivity contribution in [3.63, 3.8) is 0 Å². The first-order valence-electron chi connectivity index (χ1n) is 6.06. The molecule has 1 N–H and O–H groups in total. The lowest BCUT2D eigenvalue weighted by atomic mass is 9.96. The number of rotatable bonds is 5. The van der Waals surface area contributed by atoms with Gasteiger partial charge < -0.3 is 10.1 Å². The van der Waals surface area contributed by atoms with Crippen LogP contribution in [0.2, 0.25) is 0 Å². The molecule has 0 amide bonds. The molecule has 0 radical (unpaired) electrons. The van der Waals surface area contributed by atoms with Crippen molar-refractivity contribution in [2.24, 2.45) is 5.41 Å². The average molecular weight is 257 g/mol. The number of halogens is 2. The van der Waals surface area contributed by atoms with E-state index >= 15 is 0 Å². The topological polar surface area (TPSA) is 21.3 Å². The Bertz CT molecular complexity index is 374. The Morgan fingerprint density at radius 2 is 1.94 bits per heavy atom. The summed E-state index contributed by atoms with van der Waals surface area (Å²) in [6.45, 7) is 6.51. The lowest BCUT2D eigenvalue weighted by Gasteiger charge is -2.23. The number of hydrogen-bond donors (Lipinski definition) is 1. The smallest absolute Gasteiger partial charge is 0.387 e. The first kappa shape index (κ1) is 14.9. The molecule has 0 saturated carbocycles. The molecule has 0 aliphatic heterocycles. The lowest BCUT2D eigenvalue weighted by Crippen LogP contribution is -2.29. The van der Waals surface area contributed by atoms with Gasteiger partial charge in [0.1, 0.15) is 5.75 Å². The normalized spacial score (nSPS) is 13.7. The van der Waals surface area contributed by atoms with Crippen LogP contribution in [0.5, 0.6) is 5.75 Å². The molecule has 0 aliphatic carbocycles. The van der Waals surface area contributed by atoms with Crippen LogP contribution in [0, 0.1) is 5.41 Å². The molecule has 0 aliphatic rings. The largest absolute Gasteiger partial charge is 0.435 e. The molecule has 1 atom stereocenters. The summed E-state index contributed by atoms with van der Waals surface area (Å²) in [4.78, 5) is 0. The van der Waals surface area contributed by atoms with Crippen LogP contribution in [0.4, 0.5) is 8.78 Å². The van der Waals surface area contributed by atoms with Crippen LogP contribution in [0.1, 0.15) is 39.3 Å². The monoisotopic (exact) mass is 257 g/mol. The zero-order valence-corrected chi connectivity index (χ0v) is 11.3. The number of alkyl halides is 2. The Labute approximate surface area is 107 Å². The SMILES string of the molecule is CC(NCC(C)(C)C)c1cccc(OC(F)F)c1. The second kappa shape index (κ2) is 6.14. The molecule has 0 bridgehead atoms. The van der Waals surface area contributed by atoms with Crippen molar-refractivity contribution in [1.82, 2.24) is 5.32 Å². The summed E-state index contributed by atoms with van der Waals surface area (Å²) in [7, 11) is 0. The van der Waals surface area contributed by atoms with Crippen molar-refractivity contribution in [2.45, 2.75) is 40.3 Å². The Morgan fingerprint density at radius 3 is 2.50 bits per heavy atom. The molecule has 1 aromatic rings. The van der Waals surface area contributed by atoms with Crippen molar-refractivity contribution in [3.05, 3.63) is 29.8 Å². The van der Waals surface area contributed by atoms with Crippen LogP contribution in [-0.4, -0.2) is 13.2 Å². The van der Waals surface area contributed by atoms with Gasteiger partial charge in [0.15, 0.2) is 0 Å². The molecule has 18 heavy (non-hydrogen) atoms. The summed E-state index contributed by atoms with van der Waals surface area (Å²) in [6.07, 6.45) is 0. The molecule has 0 heterocycles. The van der Waals surface area contributed by atoms with E-state index in [1.807, 2.05) is 13.0 Å². The molecule has 1 unspecified atom stereocenters. The minimum Gasteiger partial charge on any atom is -0.435 e. The van der Waals surface area contributed by atoms with Crippen LogP contribution in [-0.2, 0) is 0 Å². The van der Waals surface area contributed by atoms with Crippen molar-refractivity contribution in [3.8, 4) is 5.75 Å². The number of hydrogen-bond acceptors (Lipinski definition) is 2. The molecule has 102 valence electrons. The fraction of sp³-hybridized carbons (Fsp3) is 0.571. The van der Waals surface area contributed by atoms with Crippen LogP contribution in [0.3, 0.4) is 0 Å². The van der Waals surface area contributed by atoms with Crippen molar-refractivity contribution in [2.75, 3.05) is 6.54 Å². The molecule has 0 saturated heterocycles. The van der Waals surface area contributed by atoms with Crippen LogP contribution in [0.15, 0.2) is 24.3 Å². The highest BCUT2D eigenvalue weighted by Gasteiger charge is 2.13. The van der Waals surface area contributed by atoms with Crippen molar-refractivity contribution >= 4 is 0 Å². The number of benzene rings is 1. The lowest BCUT2D eigenvalue weighted by molar-refractivity contribution is -0.0499. The zero-order chi connectivity index (χ0) is 13.8. The van der Waals surface area contributed by atoms with E-state index < -0.39 is 6.61 Å². The summed E-state index contributed by atoms with van der Waals surface area (Å²) in [5, 5.41) is 3.38. The van der Waals surface area contributed by atoms with Gasteiger partial charge in [-0.3, -0.25) is 0 Å².